The van der Waals surface area contributed by atoms with Gasteiger partial charge in [-0.15, -0.1) is 0 Å². The Hall–Kier alpha value is -2.91. The van der Waals surface area contributed by atoms with Gasteiger partial charge in [0.1, 0.15) is 16.6 Å². The Morgan fingerprint density at radius 2 is 1.96 bits per heavy atom. The first-order valence-electron chi connectivity index (χ1n) is 6.90. The van der Waals surface area contributed by atoms with Crippen LogP contribution in [-0.2, 0) is 19.1 Å². The Kier molecular flexibility index (Phi) is 4.94. The van der Waals surface area contributed by atoms with Crippen LogP contribution >= 0.6 is 0 Å². The standard InChI is InChI=1S/C13H15N3O7/c1-3-21-12(17)9-10(7-5-6-8(23-7)16(19)20)14-15-11(9)13(18)22-4-2/h5-6,9,11,15H,3-4H2,1-2H3/t9-,11-/m0/s1. The lowest BCUT2D eigenvalue weighted by molar-refractivity contribution is -0.402. The lowest BCUT2D eigenvalue weighted by Gasteiger charge is -2.17. The van der Waals surface area contributed by atoms with Crippen LogP contribution in [0.4, 0.5) is 5.88 Å². The van der Waals surface area contributed by atoms with Crippen molar-refractivity contribution in [3.8, 4) is 0 Å². The van der Waals surface area contributed by atoms with E-state index in [9.17, 15) is 19.7 Å². The zero-order valence-electron chi connectivity index (χ0n) is 12.5. The first kappa shape index (κ1) is 16.5. The van der Waals surface area contributed by atoms with Gasteiger partial charge in [-0.2, -0.15) is 5.10 Å². The summed E-state index contributed by atoms with van der Waals surface area (Å²) in [6, 6.07) is 1.36. The molecule has 1 aliphatic rings. The second-order valence-corrected chi connectivity index (χ2v) is 4.48. The molecule has 2 rings (SSSR count). The normalized spacial score (nSPS) is 19.7. The highest BCUT2D eigenvalue weighted by atomic mass is 16.6. The van der Waals surface area contributed by atoms with E-state index >= 15 is 0 Å². The van der Waals surface area contributed by atoms with Crippen LogP contribution in [0.1, 0.15) is 19.6 Å². The lowest BCUT2D eigenvalue weighted by atomic mass is 9.94. The van der Waals surface area contributed by atoms with Crippen molar-refractivity contribution in [3.63, 3.8) is 0 Å². The molecule has 0 saturated heterocycles. The van der Waals surface area contributed by atoms with Gasteiger partial charge < -0.3 is 13.9 Å². The largest absolute Gasteiger partial charge is 0.465 e. The van der Waals surface area contributed by atoms with Gasteiger partial charge in [0.05, 0.1) is 19.3 Å². The molecule has 0 unspecified atom stereocenters. The van der Waals surface area contributed by atoms with E-state index in [2.05, 4.69) is 10.5 Å². The highest BCUT2D eigenvalue weighted by molar-refractivity contribution is 6.14. The third-order valence-corrected chi connectivity index (χ3v) is 3.06. The molecule has 0 spiro atoms. The molecular formula is C13H15N3O7. The summed E-state index contributed by atoms with van der Waals surface area (Å²) >= 11 is 0. The SMILES string of the molecule is CCOC(=O)[C@H]1C(c2ccc([N+](=O)[O-])o2)=NN[C@@H]1C(=O)OCC. The van der Waals surface area contributed by atoms with Crippen molar-refractivity contribution in [1.29, 1.82) is 0 Å². The van der Waals surface area contributed by atoms with Gasteiger partial charge in [0.25, 0.3) is 0 Å². The van der Waals surface area contributed by atoms with Crippen LogP contribution in [0.3, 0.4) is 0 Å². The quantitative estimate of drug-likeness (QED) is 0.457. The number of carbonyl (C=O) groups excluding carboxylic acids is 2. The van der Waals surface area contributed by atoms with E-state index < -0.39 is 34.7 Å². The van der Waals surface area contributed by atoms with E-state index in [0.717, 1.165) is 6.07 Å². The van der Waals surface area contributed by atoms with E-state index in [0.29, 0.717) is 0 Å². The molecule has 0 saturated carbocycles. The number of hydrogen-bond acceptors (Lipinski definition) is 9. The first-order valence-corrected chi connectivity index (χ1v) is 6.90. The number of hydrogen-bond donors (Lipinski definition) is 1. The van der Waals surface area contributed by atoms with Gasteiger partial charge >= 0.3 is 17.8 Å². The summed E-state index contributed by atoms with van der Waals surface area (Å²) < 4.78 is 14.9. The van der Waals surface area contributed by atoms with Crippen LogP contribution < -0.4 is 5.43 Å². The summed E-state index contributed by atoms with van der Waals surface area (Å²) in [6.07, 6.45) is 0. The number of hydrazone groups is 1. The van der Waals surface area contributed by atoms with Crippen molar-refractivity contribution in [2.75, 3.05) is 13.2 Å². The van der Waals surface area contributed by atoms with Crippen LogP contribution in [0, 0.1) is 16.0 Å². The number of nitrogens with zero attached hydrogens (tertiary/aromatic N) is 2. The van der Waals surface area contributed by atoms with Crippen molar-refractivity contribution >= 4 is 23.5 Å². The van der Waals surface area contributed by atoms with Crippen LogP contribution in [0.5, 0.6) is 0 Å². The Morgan fingerprint density at radius 3 is 2.52 bits per heavy atom. The second-order valence-electron chi connectivity index (χ2n) is 4.48. The van der Waals surface area contributed by atoms with Gasteiger partial charge in [-0.05, 0) is 19.9 Å². The number of furan rings is 1. The predicted molar refractivity (Wildman–Crippen MR) is 75.6 cm³/mol. The lowest BCUT2D eigenvalue weighted by Crippen LogP contribution is -2.43. The maximum absolute atomic E-state index is 12.2. The molecule has 0 aromatic carbocycles. The molecule has 1 N–H and O–H groups in total. The second kappa shape index (κ2) is 6.90. The van der Waals surface area contributed by atoms with E-state index in [1.165, 1.54) is 6.07 Å². The summed E-state index contributed by atoms with van der Waals surface area (Å²) in [5.74, 6) is -2.97. The number of esters is 2. The van der Waals surface area contributed by atoms with Crippen molar-refractivity contribution in [1.82, 2.24) is 5.43 Å². The molecule has 2 atom stereocenters. The van der Waals surface area contributed by atoms with Crippen LogP contribution in [0.2, 0.25) is 0 Å². The van der Waals surface area contributed by atoms with Gasteiger partial charge in [-0.1, -0.05) is 0 Å². The topological polar surface area (TPSA) is 133 Å². The highest BCUT2D eigenvalue weighted by Gasteiger charge is 2.45. The van der Waals surface area contributed by atoms with Crippen LogP contribution in [0.25, 0.3) is 0 Å². The monoisotopic (exact) mass is 325 g/mol. The molecule has 1 aliphatic heterocycles. The maximum Gasteiger partial charge on any atom is 0.433 e. The molecule has 1 aromatic heterocycles. The Bertz CT molecular complexity index is 652. The highest BCUT2D eigenvalue weighted by Crippen LogP contribution is 2.25. The average Bonchev–Trinajstić information content (AvgIpc) is 3.14. The fraction of sp³-hybridized carbons (Fsp3) is 0.462. The average molecular weight is 325 g/mol. The van der Waals surface area contributed by atoms with E-state index in [-0.39, 0.29) is 24.7 Å². The molecule has 1 aromatic rings. The zero-order valence-corrected chi connectivity index (χ0v) is 12.5. The molecular weight excluding hydrogens is 310 g/mol. The fourth-order valence-corrected chi connectivity index (χ4v) is 2.11. The zero-order chi connectivity index (χ0) is 17.0. The summed E-state index contributed by atoms with van der Waals surface area (Å²) in [5.41, 5.74) is 2.55. The molecule has 0 radical (unpaired) electrons. The number of nitro groups is 1. The van der Waals surface area contributed by atoms with Crippen molar-refractivity contribution in [2.24, 2.45) is 11.0 Å². The molecule has 124 valence electrons. The molecule has 0 aliphatic carbocycles. The number of carbonyl (C=O) groups is 2. The van der Waals surface area contributed by atoms with Crippen LogP contribution in [-0.4, -0.2) is 41.8 Å². The molecule has 10 nitrogen and oxygen atoms in total. The minimum absolute atomic E-state index is 0.00838. The fourth-order valence-electron chi connectivity index (χ4n) is 2.11. The molecule has 0 fully saturated rings. The summed E-state index contributed by atoms with van der Waals surface area (Å²) in [7, 11) is 0. The third kappa shape index (κ3) is 3.30. The van der Waals surface area contributed by atoms with Gasteiger partial charge in [-0.3, -0.25) is 20.3 Å². The van der Waals surface area contributed by atoms with Gasteiger partial charge in [0.2, 0.25) is 0 Å². The number of rotatable bonds is 6. The number of nitrogens with one attached hydrogen (secondary N) is 1. The molecule has 0 amide bonds. The van der Waals surface area contributed by atoms with E-state index in [1.54, 1.807) is 13.8 Å². The van der Waals surface area contributed by atoms with Crippen molar-refractivity contribution in [3.05, 3.63) is 28.0 Å². The molecule has 0 bridgehead atoms. The molecule has 23 heavy (non-hydrogen) atoms. The minimum atomic E-state index is -1.11. The van der Waals surface area contributed by atoms with Gasteiger partial charge in [-0.25, -0.2) is 4.79 Å². The third-order valence-electron chi connectivity index (χ3n) is 3.06. The Balaban J connectivity index is 2.31. The Morgan fingerprint density at radius 1 is 1.30 bits per heavy atom. The van der Waals surface area contributed by atoms with Crippen molar-refractivity contribution in [2.45, 2.75) is 19.9 Å². The van der Waals surface area contributed by atoms with Crippen LogP contribution in [0.15, 0.2) is 21.7 Å². The molecule has 10 heteroatoms. The van der Waals surface area contributed by atoms with E-state index in [1.807, 2.05) is 0 Å². The maximum atomic E-state index is 12.2. The van der Waals surface area contributed by atoms with Gasteiger partial charge in [0.15, 0.2) is 11.8 Å². The smallest absolute Gasteiger partial charge is 0.433 e. The first-order chi connectivity index (χ1) is 11.0. The number of ether oxygens (including phenoxy) is 2. The van der Waals surface area contributed by atoms with Crippen molar-refractivity contribution < 1.29 is 28.4 Å². The molecule has 2 heterocycles. The van der Waals surface area contributed by atoms with E-state index in [4.69, 9.17) is 13.9 Å². The Labute approximate surface area is 130 Å². The summed E-state index contributed by atoms with van der Waals surface area (Å²) in [5, 5.41) is 14.6. The minimum Gasteiger partial charge on any atom is -0.465 e. The summed E-state index contributed by atoms with van der Waals surface area (Å²) in [6.45, 7) is 3.49. The van der Waals surface area contributed by atoms with Gasteiger partial charge in [0, 0.05) is 0 Å². The summed E-state index contributed by atoms with van der Waals surface area (Å²) in [4.78, 5) is 34.1. The predicted octanol–water partition coefficient (Wildman–Crippen LogP) is 0.606.